The third-order valence-corrected chi connectivity index (χ3v) is 2.93. The van der Waals surface area contributed by atoms with E-state index in [9.17, 15) is 0 Å². The molecule has 0 aromatic heterocycles. The van der Waals surface area contributed by atoms with Crippen LogP contribution in [0.1, 0.15) is 11.1 Å². The summed E-state index contributed by atoms with van der Waals surface area (Å²) in [7, 11) is 1.85. The van der Waals surface area contributed by atoms with Gasteiger partial charge in [-0.25, -0.2) is 0 Å². The Bertz CT molecular complexity index is 692. The van der Waals surface area contributed by atoms with E-state index in [-0.39, 0.29) is 0 Å². The maximum absolute atomic E-state index is 9.11. The summed E-state index contributed by atoms with van der Waals surface area (Å²) in [5, 5.41) is 18.1. The lowest BCUT2D eigenvalue weighted by Crippen LogP contribution is -2.11. The number of hydrogen-bond acceptors (Lipinski definition) is 4. The van der Waals surface area contributed by atoms with Crippen molar-refractivity contribution in [3.63, 3.8) is 0 Å². The first-order valence-electron chi connectivity index (χ1n) is 5.70. The van der Waals surface area contributed by atoms with Gasteiger partial charge in [-0.2, -0.15) is 10.5 Å². The highest BCUT2D eigenvalue weighted by Gasteiger charge is 2.10. The lowest BCUT2D eigenvalue weighted by molar-refractivity contribution is 1.20. The van der Waals surface area contributed by atoms with Gasteiger partial charge in [0.15, 0.2) is 0 Å². The standard InChI is InChI=1S/C15H12N4/c1-19(15-5-3-2-4-11(15)9-16)13-6-7-14(18)12(8-13)10-17/h2-8H,18H2,1H3. The van der Waals surface area contributed by atoms with Crippen molar-refractivity contribution in [2.45, 2.75) is 0 Å². The van der Waals surface area contributed by atoms with Gasteiger partial charge >= 0.3 is 0 Å². The molecule has 2 N–H and O–H groups in total. The summed E-state index contributed by atoms with van der Waals surface area (Å²) in [5.41, 5.74) is 8.77. The number of nitrogen functional groups attached to an aromatic ring is 1. The molecule has 92 valence electrons. The van der Waals surface area contributed by atoms with Crippen LogP contribution in [0.15, 0.2) is 42.5 Å². The average Bonchev–Trinajstić information content (AvgIpc) is 2.47. The summed E-state index contributed by atoms with van der Waals surface area (Å²) in [6.45, 7) is 0. The predicted octanol–water partition coefficient (Wildman–Crippen LogP) is 2.78. The third kappa shape index (κ3) is 2.34. The van der Waals surface area contributed by atoms with Crippen LogP contribution in [0, 0.1) is 22.7 Å². The molecule has 0 heterocycles. The van der Waals surface area contributed by atoms with Crippen molar-refractivity contribution in [2.75, 3.05) is 17.7 Å². The molecule has 2 rings (SSSR count). The van der Waals surface area contributed by atoms with E-state index in [1.807, 2.05) is 36.2 Å². The number of nitriles is 2. The fourth-order valence-corrected chi connectivity index (χ4v) is 1.85. The summed E-state index contributed by atoms with van der Waals surface area (Å²) in [5.74, 6) is 0. The molecule has 19 heavy (non-hydrogen) atoms. The Morgan fingerprint density at radius 2 is 1.68 bits per heavy atom. The van der Waals surface area contributed by atoms with Crippen LogP contribution in [0.5, 0.6) is 0 Å². The quantitative estimate of drug-likeness (QED) is 0.829. The van der Waals surface area contributed by atoms with Crippen molar-refractivity contribution >= 4 is 17.1 Å². The van der Waals surface area contributed by atoms with Gasteiger partial charge in [-0.1, -0.05) is 12.1 Å². The fourth-order valence-electron chi connectivity index (χ4n) is 1.85. The molecule has 0 atom stereocenters. The second-order valence-electron chi connectivity index (χ2n) is 4.07. The summed E-state index contributed by atoms with van der Waals surface area (Å²) >= 11 is 0. The summed E-state index contributed by atoms with van der Waals surface area (Å²) in [6.07, 6.45) is 0. The van der Waals surface area contributed by atoms with Gasteiger partial charge in [0.05, 0.1) is 16.8 Å². The minimum atomic E-state index is 0.429. The van der Waals surface area contributed by atoms with Gasteiger partial charge in [0.2, 0.25) is 0 Å². The lowest BCUT2D eigenvalue weighted by Gasteiger charge is -2.21. The smallest absolute Gasteiger partial charge is 0.101 e. The van der Waals surface area contributed by atoms with Crippen LogP contribution in [0.4, 0.5) is 17.1 Å². The van der Waals surface area contributed by atoms with E-state index in [0.29, 0.717) is 16.8 Å². The molecular weight excluding hydrogens is 236 g/mol. The molecule has 2 aromatic rings. The molecule has 0 aliphatic heterocycles. The normalized spacial score (nSPS) is 9.42. The van der Waals surface area contributed by atoms with Crippen molar-refractivity contribution in [1.29, 1.82) is 10.5 Å². The Morgan fingerprint density at radius 3 is 2.37 bits per heavy atom. The molecule has 0 aliphatic rings. The van der Waals surface area contributed by atoms with E-state index in [1.165, 1.54) is 0 Å². The molecule has 0 fully saturated rings. The van der Waals surface area contributed by atoms with Crippen LogP contribution in [0.25, 0.3) is 0 Å². The van der Waals surface area contributed by atoms with Gasteiger partial charge in [0.25, 0.3) is 0 Å². The Balaban J connectivity index is 2.48. The highest BCUT2D eigenvalue weighted by molar-refractivity contribution is 5.72. The van der Waals surface area contributed by atoms with Gasteiger partial charge in [0, 0.05) is 18.4 Å². The maximum Gasteiger partial charge on any atom is 0.101 e. The largest absolute Gasteiger partial charge is 0.398 e. The zero-order valence-corrected chi connectivity index (χ0v) is 10.5. The Labute approximate surface area is 111 Å². The van der Waals surface area contributed by atoms with Crippen molar-refractivity contribution in [3.8, 4) is 12.1 Å². The second kappa shape index (κ2) is 5.12. The predicted molar refractivity (Wildman–Crippen MR) is 74.8 cm³/mol. The van der Waals surface area contributed by atoms with E-state index in [1.54, 1.807) is 18.2 Å². The first kappa shape index (κ1) is 12.5. The van der Waals surface area contributed by atoms with Gasteiger partial charge in [-0.3, -0.25) is 0 Å². The average molecular weight is 248 g/mol. The molecule has 4 heteroatoms. The van der Waals surface area contributed by atoms with Crippen LogP contribution >= 0.6 is 0 Å². The molecule has 0 aliphatic carbocycles. The summed E-state index contributed by atoms with van der Waals surface area (Å²) < 4.78 is 0. The van der Waals surface area contributed by atoms with Crippen molar-refractivity contribution < 1.29 is 0 Å². The van der Waals surface area contributed by atoms with Crippen LogP contribution in [-0.2, 0) is 0 Å². The Kier molecular flexibility index (Phi) is 3.36. The first-order valence-corrected chi connectivity index (χ1v) is 5.70. The van der Waals surface area contributed by atoms with Crippen LogP contribution in [-0.4, -0.2) is 7.05 Å². The van der Waals surface area contributed by atoms with Crippen molar-refractivity contribution in [2.24, 2.45) is 0 Å². The number of nitrogens with two attached hydrogens (primary N) is 1. The monoisotopic (exact) mass is 248 g/mol. The zero-order chi connectivity index (χ0) is 13.8. The molecule has 4 nitrogen and oxygen atoms in total. The van der Waals surface area contributed by atoms with Crippen LogP contribution in [0.2, 0.25) is 0 Å². The second-order valence-corrected chi connectivity index (χ2v) is 4.07. The first-order chi connectivity index (χ1) is 9.17. The van der Waals surface area contributed by atoms with E-state index in [2.05, 4.69) is 12.1 Å². The van der Waals surface area contributed by atoms with Gasteiger partial charge in [-0.15, -0.1) is 0 Å². The van der Waals surface area contributed by atoms with E-state index in [4.69, 9.17) is 16.3 Å². The summed E-state index contributed by atoms with van der Waals surface area (Å²) in [4.78, 5) is 1.86. The molecule has 0 amide bonds. The van der Waals surface area contributed by atoms with Gasteiger partial charge < -0.3 is 10.6 Å². The molecule has 0 spiro atoms. The highest BCUT2D eigenvalue weighted by atomic mass is 15.1. The van der Waals surface area contributed by atoms with E-state index >= 15 is 0 Å². The summed E-state index contributed by atoms with van der Waals surface area (Å²) in [6, 6.07) is 16.7. The van der Waals surface area contributed by atoms with Crippen molar-refractivity contribution in [1.82, 2.24) is 0 Å². The Morgan fingerprint density at radius 1 is 1.00 bits per heavy atom. The van der Waals surface area contributed by atoms with Crippen molar-refractivity contribution in [3.05, 3.63) is 53.6 Å². The fraction of sp³-hybridized carbons (Fsp3) is 0.0667. The number of anilines is 3. The molecule has 0 radical (unpaired) electrons. The minimum absolute atomic E-state index is 0.429. The highest BCUT2D eigenvalue weighted by Crippen LogP contribution is 2.28. The molecule has 0 saturated heterocycles. The van der Waals surface area contributed by atoms with Gasteiger partial charge in [0.1, 0.15) is 12.1 Å². The minimum Gasteiger partial charge on any atom is -0.398 e. The topological polar surface area (TPSA) is 76.8 Å². The molecule has 0 unspecified atom stereocenters. The van der Waals surface area contributed by atoms with Gasteiger partial charge in [-0.05, 0) is 30.3 Å². The number of rotatable bonds is 2. The number of nitrogens with zero attached hydrogens (tertiary/aromatic N) is 3. The number of benzene rings is 2. The molecule has 2 aromatic carbocycles. The Hall–Kier alpha value is -2.98. The molecule has 0 saturated carbocycles. The van der Waals surface area contributed by atoms with E-state index < -0.39 is 0 Å². The molecule has 0 bridgehead atoms. The number of hydrogen-bond donors (Lipinski definition) is 1. The maximum atomic E-state index is 9.11. The lowest BCUT2D eigenvalue weighted by atomic mass is 10.1. The number of para-hydroxylation sites is 1. The third-order valence-electron chi connectivity index (χ3n) is 2.93. The van der Waals surface area contributed by atoms with E-state index in [0.717, 1.165) is 11.4 Å². The van der Waals surface area contributed by atoms with Crippen LogP contribution < -0.4 is 10.6 Å². The zero-order valence-electron chi connectivity index (χ0n) is 10.5. The molecular formula is C15H12N4. The van der Waals surface area contributed by atoms with Crippen LogP contribution in [0.3, 0.4) is 0 Å². The SMILES string of the molecule is CN(c1ccc(N)c(C#N)c1)c1ccccc1C#N.